The summed E-state index contributed by atoms with van der Waals surface area (Å²) >= 11 is 13.3. The topological polar surface area (TPSA) is 92.8 Å². The summed E-state index contributed by atoms with van der Waals surface area (Å²) in [5.74, 6) is -0.154. The van der Waals surface area contributed by atoms with E-state index in [0.717, 1.165) is 14.3 Å². The van der Waals surface area contributed by atoms with Crippen LogP contribution in [0.2, 0.25) is 5.02 Å². The van der Waals surface area contributed by atoms with Gasteiger partial charge in [0.1, 0.15) is 17.2 Å². The van der Waals surface area contributed by atoms with Gasteiger partial charge in [0, 0.05) is 36.0 Å². The maximum Gasteiger partial charge on any atom is 0.343 e. The Kier molecular flexibility index (Phi) is 8.35. The van der Waals surface area contributed by atoms with Gasteiger partial charge in [-0.2, -0.15) is 5.10 Å². The van der Waals surface area contributed by atoms with Crippen molar-refractivity contribution in [1.29, 1.82) is 0 Å². The molecular formula is C30H20Br2ClN3O4. The predicted octanol–water partition coefficient (Wildman–Crippen LogP) is 8.01. The fraction of sp³-hybridized carbons (Fsp3) is 0.0333. The second-order valence-electron chi connectivity index (χ2n) is 8.52. The third kappa shape index (κ3) is 5.82. The highest BCUT2D eigenvalue weighted by molar-refractivity contribution is 9.10. The molecule has 0 bridgehead atoms. The molecule has 0 unspecified atom stereocenters. The van der Waals surface area contributed by atoms with Gasteiger partial charge in [0.05, 0.1) is 24.4 Å². The van der Waals surface area contributed by atoms with Crippen LogP contribution in [-0.2, 0) is 0 Å². The summed E-state index contributed by atoms with van der Waals surface area (Å²) in [4.78, 5) is 29.3. The van der Waals surface area contributed by atoms with Crippen molar-refractivity contribution in [3.8, 4) is 22.6 Å². The highest BCUT2D eigenvalue weighted by atomic mass is 79.9. The summed E-state index contributed by atoms with van der Waals surface area (Å²) in [5.41, 5.74) is 5.67. The molecule has 0 saturated heterocycles. The minimum atomic E-state index is -0.523. The number of para-hydroxylation sites is 1. The zero-order valence-electron chi connectivity index (χ0n) is 20.9. The van der Waals surface area contributed by atoms with Crippen LogP contribution in [0.5, 0.6) is 11.5 Å². The molecule has 0 radical (unpaired) electrons. The van der Waals surface area contributed by atoms with E-state index in [4.69, 9.17) is 21.1 Å². The summed E-state index contributed by atoms with van der Waals surface area (Å²) in [6.07, 6.45) is 1.41. The molecule has 0 aliphatic rings. The number of halogens is 3. The number of esters is 1. The fourth-order valence-electron chi connectivity index (χ4n) is 4.15. The molecule has 10 heteroatoms. The van der Waals surface area contributed by atoms with Crippen LogP contribution in [0.25, 0.3) is 22.0 Å². The van der Waals surface area contributed by atoms with E-state index < -0.39 is 11.9 Å². The van der Waals surface area contributed by atoms with Gasteiger partial charge in [-0.3, -0.25) is 4.79 Å². The number of carbonyl (C=O) groups is 2. The molecule has 0 saturated carbocycles. The minimum Gasteiger partial charge on any atom is -0.495 e. The Morgan fingerprint density at radius 1 is 0.925 bits per heavy atom. The van der Waals surface area contributed by atoms with Crippen molar-refractivity contribution >= 4 is 72.5 Å². The molecule has 4 aromatic carbocycles. The van der Waals surface area contributed by atoms with Crippen LogP contribution in [0.3, 0.4) is 0 Å². The van der Waals surface area contributed by atoms with Gasteiger partial charge in [0.15, 0.2) is 0 Å². The largest absolute Gasteiger partial charge is 0.495 e. The van der Waals surface area contributed by atoms with E-state index in [1.54, 1.807) is 61.7 Å². The van der Waals surface area contributed by atoms with E-state index in [2.05, 4.69) is 47.4 Å². The van der Waals surface area contributed by atoms with Crippen molar-refractivity contribution in [2.45, 2.75) is 0 Å². The zero-order valence-corrected chi connectivity index (χ0v) is 24.8. The first kappa shape index (κ1) is 27.6. The zero-order chi connectivity index (χ0) is 28.2. The van der Waals surface area contributed by atoms with Crippen LogP contribution in [0.1, 0.15) is 26.4 Å². The molecular weight excluding hydrogens is 662 g/mol. The average molecular weight is 682 g/mol. The number of fused-ring (bicyclic) bond motifs is 1. The van der Waals surface area contributed by atoms with E-state index in [-0.39, 0.29) is 11.4 Å². The van der Waals surface area contributed by atoms with E-state index >= 15 is 0 Å². The number of nitrogens with zero attached hydrogens (tertiary/aromatic N) is 1. The van der Waals surface area contributed by atoms with Crippen LogP contribution in [0.15, 0.2) is 99.0 Å². The summed E-state index contributed by atoms with van der Waals surface area (Å²) in [5, 5.41) is 5.42. The van der Waals surface area contributed by atoms with Gasteiger partial charge < -0.3 is 14.5 Å². The standard InChI is InChI=1S/C30H20Br2ClN3O4/c1-39-25-8-4-6-22-26(21-5-2-3-7-23(21)33)28(35-27(22)25)29(37)36-34-16-18-15-20(32)13-14-24(18)40-30(38)17-9-11-19(31)12-10-17/h2-16,35H,1H3,(H,36,37). The lowest BCUT2D eigenvalue weighted by Gasteiger charge is -2.09. The number of carbonyl (C=O) groups excluding carboxylic acids is 2. The number of methoxy groups -OCH3 is 1. The SMILES string of the molecule is COc1cccc2c(-c3ccccc3Cl)c(C(=O)NN=Cc3cc(Br)ccc3OC(=O)c3ccc(Br)cc3)[nH]c12. The lowest BCUT2D eigenvalue weighted by molar-refractivity contribution is 0.0734. The Morgan fingerprint density at radius 2 is 1.68 bits per heavy atom. The molecule has 1 heterocycles. The lowest BCUT2D eigenvalue weighted by atomic mass is 10.0. The molecule has 2 N–H and O–H groups in total. The third-order valence-electron chi connectivity index (χ3n) is 6.01. The summed E-state index contributed by atoms with van der Waals surface area (Å²) in [6.45, 7) is 0. The second kappa shape index (κ2) is 12.1. The molecule has 1 aromatic heterocycles. The molecule has 0 aliphatic carbocycles. The number of amides is 1. The number of hydrogen-bond acceptors (Lipinski definition) is 5. The summed E-state index contributed by atoms with van der Waals surface area (Å²) in [6, 6.07) is 24.8. The maximum atomic E-state index is 13.4. The minimum absolute atomic E-state index is 0.265. The smallest absolute Gasteiger partial charge is 0.343 e. The second-order valence-corrected chi connectivity index (χ2v) is 10.8. The number of aromatic nitrogens is 1. The monoisotopic (exact) mass is 679 g/mol. The molecule has 5 rings (SSSR count). The molecule has 40 heavy (non-hydrogen) atoms. The highest BCUT2D eigenvalue weighted by Crippen LogP contribution is 2.39. The fourth-order valence-corrected chi connectivity index (χ4v) is 5.02. The van der Waals surface area contributed by atoms with Crippen LogP contribution in [0.4, 0.5) is 0 Å². The van der Waals surface area contributed by atoms with Crippen molar-refractivity contribution < 1.29 is 19.1 Å². The number of ether oxygens (including phenoxy) is 2. The van der Waals surface area contributed by atoms with Gasteiger partial charge in [0.2, 0.25) is 0 Å². The van der Waals surface area contributed by atoms with Crippen LogP contribution >= 0.6 is 43.5 Å². The first-order valence-corrected chi connectivity index (χ1v) is 13.9. The number of nitrogens with one attached hydrogen (secondary N) is 2. The number of hydrogen-bond donors (Lipinski definition) is 2. The van der Waals surface area contributed by atoms with E-state index in [1.807, 2.05) is 30.3 Å². The van der Waals surface area contributed by atoms with Crippen LogP contribution in [0, 0.1) is 0 Å². The molecule has 7 nitrogen and oxygen atoms in total. The molecule has 200 valence electrons. The number of rotatable bonds is 7. The summed E-state index contributed by atoms with van der Waals surface area (Å²) in [7, 11) is 1.56. The predicted molar refractivity (Wildman–Crippen MR) is 164 cm³/mol. The summed E-state index contributed by atoms with van der Waals surface area (Å²) < 4.78 is 12.7. The lowest BCUT2D eigenvalue weighted by Crippen LogP contribution is -2.19. The normalized spacial score (nSPS) is 11.1. The molecule has 1 amide bonds. The maximum absolute atomic E-state index is 13.4. The Labute approximate surface area is 251 Å². The first-order valence-electron chi connectivity index (χ1n) is 11.9. The molecule has 0 atom stereocenters. The Morgan fingerprint density at radius 3 is 2.42 bits per heavy atom. The molecule has 0 aliphatic heterocycles. The van der Waals surface area contributed by atoms with E-state index in [1.165, 1.54) is 6.21 Å². The van der Waals surface area contributed by atoms with Gasteiger partial charge >= 0.3 is 5.97 Å². The number of aromatic amines is 1. The van der Waals surface area contributed by atoms with Crippen LogP contribution in [-0.4, -0.2) is 30.2 Å². The highest BCUT2D eigenvalue weighted by Gasteiger charge is 2.22. The van der Waals surface area contributed by atoms with Crippen molar-refractivity contribution in [3.63, 3.8) is 0 Å². The van der Waals surface area contributed by atoms with E-state index in [9.17, 15) is 9.59 Å². The van der Waals surface area contributed by atoms with Crippen molar-refractivity contribution in [1.82, 2.24) is 10.4 Å². The Balaban J connectivity index is 1.44. The Bertz CT molecular complexity index is 1770. The first-order chi connectivity index (χ1) is 19.4. The Hall–Kier alpha value is -3.92. The van der Waals surface area contributed by atoms with Crippen molar-refractivity contribution in [2.75, 3.05) is 7.11 Å². The molecule has 0 fully saturated rings. The van der Waals surface area contributed by atoms with Gasteiger partial charge in [-0.05, 0) is 54.6 Å². The third-order valence-corrected chi connectivity index (χ3v) is 7.36. The number of benzene rings is 4. The van der Waals surface area contributed by atoms with Crippen molar-refractivity contribution in [3.05, 3.63) is 116 Å². The number of H-pyrrole nitrogens is 1. The molecule has 0 spiro atoms. The quantitative estimate of drug-likeness (QED) is 0.0788. The average Bonchev–Trinajstić information content (AvgIpc) is 3.34. The van der Waals surface area contributed by atoms with Crippen LogP contribution < -0.4 is 14.9 Å². The number of hydrazone groups is 1. The van der Waals surface area contributed by atoms with Gasteiger partial charge in [0.25, 0.3) is 5.91 Å². The molecule has 5 aromatic rings. The van der Waals surface area contributed by atoms with Gasteiger partial charge in [-0.1, -0.05) is 73.8 Å². The van der Waals surface area contributed by atoms with Gasteiger partial charge in [-0.15, -0.1) is 0 Å². The van der Waals surface area contributed by atoms with Crippen molar-refractivity contribution in [2.24, 2.45) is 5.10 Å². The van der Waals surface area contributed by atoms with E-state index in [0.29, 0.717) is 38.5 Å². The van der Waals surface area contributed by atoms with Gasteiger partial charge in [-0.25, -0.2) is 10.2 Å².